The number of aromatic nitrogens is 2. The highest BCUT2D eigenvalue weighted by Gasteiger charge is 2.08. The lowest BCUT2D eigenvalue weighted by Gasteiger charge is -2.03. The van der Waals surface area contributed by atoms with E-state index in [1.807, 2.05) is 0 Å². The number of halogens is 1. The molecular formula is C6H6ClN5. The van der Waals surface area contributed by atoms with E-state index in [-0.39, 0.29) is 11.2 Å². The fraction of sp³-hybridized carbons (Fsp3) is 0.333. The molecule has 1 atom stereocenters. The molecule has 1 heterocycles. The number of hydrogen-bond acceptors (Lipinski definition) is 3. The van der Waals surface area contributed by atoms with Crippen LogP contribution in [0.5, 0.6) is 0 Å². The van der Waals surface area contributed by atoms with Gasteiger partial charge in [-0.05, 0) is 5.53 Å². The van der Waals surface area contributed by atoms with Gasteiger partial charge in [-0.25, -0.2) is 4.98 Å². The average molecular weight is 184 g/mol. The van der Waals surface area contributed by atoms with Gasteiger partial charge in [0.05, 0.1) is 11.7 Å². The van der Waals surface area contributed by atoms with Crippen LogP contribution in [0, 0.1) is 0 Å². The molecule has 1 aromatic heterocycles. The first-order valence-corrected chi connectivity index (χ1v) is 3.64. The van der Waals surface area contributed by atoms with E-state index < -0.39 is 0 Å². The summed E-state index contributed by atoms with van der Waals surface area (Å²) in [5, 5.41) is 3.72. The van der Waals surface area contributed by atoms with Crippen molar-refractivity contribution in [1.29, 1.82) is 0 Å². The van der Waals surface area contributed by atoms with Crippen LogP contribution in [0.3, 0.4) is 0 Å². The van der Waals surface area contributed by atoms with E-state index in [1.54, 1.807) is 6.92 Å². The third kappa shape index (κ3) is 1.84. The quantitative estimate of drug-likeness (QED) is 0.401. The van der Waals surface area contributed by atoms with E-state index in [1.165, 1.54) is 12.4 Å². The molecule has 0 bridgehead atoms. The standard InChI is InChI=1S/C6H6ClN5/c1-4(11-12-8)5-6(7)10-3-2-9-5/h2-4H,1H3. The Morgan fingerprint density at radius 1 is 1.58 bits per heavy atom. The van der Waals surface area contributed by atoms with Crippen molar-refractivity contribution >= 4 is 11.6 Å². The van der Waals surface area contributed by atoms with Crippen LogP contribution in [0.1, 0.15) is 18.7 Å². The molecule has 0 aliphatic heterocycles. The molecule has 1 rings (SSSR count). The minimum Gasteiger partial charge on any atom is -0.256 e. The van der Waals surface area contributed by atoms with Crippen molar-refractivity contribution in [2.45, 2.75) is 13.0 Å². The van der Waals surface area contributed by atoms with Gasteiger partial charge in [0, 0.05) is 17.3 Å². The average Bonchev–Trinajstić information content (AvgIpc) is 2.05. The Bertz CT molecular complexity index is 319. The molecule has 0 amide bonds. The monoisotopic (exact) mass is 183 g/mol. The van der Waals surface area contributed by atoms with Crippen LogP contribution in [-0.2, 0) is 0 Å². The molecule has 0 saturated heterocycles. The van der Waals surface area contributed by atoms with E-state index in [4.69, 9.17) is 17.1 Å². The summed E-state index contributed by atoms with van der Waals surface area (Å²) in [5.74, 6) is 0. The molecule has 5 nitrogen and oxygen atoms in total. The highest BCUT2D eigenvalue weighted by molar-refractivity contribution is 6.30. The maximum atomic E-state index is 8.16. The summed E-state index contributed by atoms with van der Waals surface area (Å²) in [6.07, 6.45) is 2.99. The van der Waals surface area contributed by atoms with Gasteiger partial charge in [-0.2, -0.15) is 0 Å². The van der Waals surface area contributed by atoms with Crippen molar-refractivity contribution in [2.24, 2.45) is 5.11 Å². The minimum absolute atomic E-state index is 0.275. The Labute approximate surface area is 74.0 Å². The lowest BCUT2D eigenvalue weighted by Crippen LogP contribution is -1.95. The Morgan fingerprint density at radius 2 is 2.25 bits per heavy atom. The first-order valence-electron chi connectivity index (χ1n) is 3.26. The zero-order valence-corrected chi connectivity index (χ0v) is 7.10. The van der Waals surface area contributed by atoms with Gasteiger partial charge in [-0.1, -0.05) is 23.6 Å². The van der Waals surface area contributed by atoms with Crippen molar-refractivity contribution < 1.29 is 0 Å². The van der Waals surface area contributed by atoms with Crippen molar-refractivity contribution in [2.75, 3.05) is 0 Å². The van der Waals surface area contributed by atoms with E-state index in [2.05, 4.69) is 20.0 Å². The van der Waals surface area contributed by atoms with Gasteiger partial charge < -0.3 is 0 Å². The Morgan fingerprint density at radius 3 is 2.83 bits per heavy atom. The molecule has 1 aromatic rings. The smallest absolute Gasteiger partial charge is 0.150 e. The Kier molecular flexibility index (Phi) is 2.85. The van der Waals surface area contributed by atoms with Gasteiger partial charge in [-0.3, -0.25) is 4.98 Å². The zero-order chi connectivity index (χ0) is 8.97. The van der Waals surface area contributed by atoms with Crippen LogP contribution in [-0.4, -0.2) is 9.97 Å². The van der Waals surface area contributed by atoms with Gasteiger partial charge in [0.2, 0.25) is 0 Å². The fourth-order valence-corrected chi connectivity index (χ4v) is 1.01. The molecule has 0 radical (unpaired) electrons. The molecule has 12 heavy (non-hydrogen) atoms. The molecule has 0 saturated carbocycles. The normalized spacial score (nSPS) is 11.8. The lowest BCUT2D eigenvalue weighted by molar-refractivity contribution is 0.765. The number of hydrogen-bond donors (Lipinski definition) is 0. The molecule has 0 aliphatic rings. The SMILES string of the molecule is CC(N=[N+]=[N-])c1nccnc1Cl. The number of nitrogens with zero attached hydrogens (tertiary/aromatic N) is 5. The van der Waals surface area contributed by atoms with E-state index in [9.17, 15) is 0 Å². The molecule has 1 unspecified atom stereocenters. The van der Waals surface area contributed by atoms with Crippen LogP contribution in [0.4, 0.5) is 0 Å². The summed E-state index contributed by atoms with van der Waals surface area (Å²) in [4.78, 5) is 10.4. The minimum atomic E-state index is -0.379. The summed E-state index contributed by atoms with van der Waals surface area (Å²) in [6, 6.07) is -0.379. The first kappa shape index (κ1) is 8.77. The van der Waals surface area contributed by atoms with Crippen LogP contribution in [0.2, 0.25) is 5.15 Å². The maximum absolute atomic E-state index is 8.16. The molecule has 6 heteroatoms. The predicted octanol–water partition coefficient (Wildman–Crippen LogP) is 2.50. The van der Waals surface area contributed by atoms with Gasteiger partial charge in [-0.15, -0.1) is 0 Å². The second-order valence-corrected chi connectivity index (χ2v) is 2.47. The zero-order valence-electron chi connectivity index (χ0n) is 6.35. The predicted molar refractivity (Wildman–Crippen MR) is 44.6 cm³/mol. The number of rotatable bonds is 2. The van der Waals surface area contributed by atoms with Gasteiger partial charge in [0.25, 0.3) is 0 Å². The molecule has 0 N–H and O–H groups in total. The van der Waals surface area contributed by atoms with E-state index in [0.717, 1.165) is 0 Å². The lowest BCUT2D eigenvalue weighted by atomic mass is 10.3. The van der Waals surface area contributed by atoms with E-state index in [0.29, 0.717) is 5.69 Å². The van der Waals surface area contributed by atoms with E-state index >= 15 is 0 Å². The van der Waals surface area contributed by atoms with Crippen LogP contribution < -0.4 is 0 Å². The van der Waals surface area contributed by atoms with Crippen molar-refractivity contribution in [3.05, 3.63) is 33.7 Å². The topological polar surface area (TPSA) is 74.5 Å². The second-order valence-electron chi connectivity index (χ2n) is 2.11. The highest BCUT2D eigenvalue weighted by Crippen LogP contribution is 2.20. The Hall–Kier alpha value is -1.32. The fourth-order valence-electron chi connectivity index (χ4n) is 0.744. The Balaban J connectivity index is 3.02. The molecule has 62 valence electrons. The van der Waals surface area contributed by atoms with Gasteiger partial charge >= 0.3 is 0 Å². The largest absolute Gasteiger partial charge is 0.256 e. The van der Waals surface area contributed by atoms with Crippen LogP contribution in [0.15, 0.2) is 17.5 Å². The maximum Gasteiger partial charge on any atom is 0.150 e. The first-order chi connectivity index (χ1) is 5.75. The molecule has 0 fully saturated rings. The molecule has 0 aliphatic carbocycles. The van der Waals surface area contributed by atoms with Crippen molar-refractivity contribution in [1.82, 2.24) is 9.97 Å². The summed E-state index contributed by atoms with van der Waals surface area (Å²) in [6.45, 7) is 1.70. The summed E-state index contributed by atoms with van der Waals surface area (Å²) < 4.78 is 0. The van der Waals surface area contributed by atoms with Crippen LogP contribution >= 0.6 is 11.6 Å². The van der Waals surface area contributed by atoms with Gasteiger partial charge in [0.1, 0.15) is 0 Å². The summed E-state index contributed by atoms with van der Waals surface area (Å²) >= 11 is 5.70. The van der Waals surface area contributed by atoms with Crippen molar-refractivity contribution in [3.63, 3.8) is 0 Å². The molecule has 0 aromatic carbocycles. The molecule has 0 spiro atoms. The third-order valence-corrected chi connectivity index (χ3v) is 1.59. The highest BCUT2D eigenvalue weighted by atomic mass is 35.5. The summed E-state index contributed by atoms with van der Waals surface area (Å²) in [7, 11) is 0. The third-order valence-electron chi connectivity index (χ3n) is 1.30. The van der Waals surface area contributed by atoms with Crippen LogP contribution in [0.25, 0.3) is 10.4 Å². The van der Waals surface area contributed by atoms with Crippen molar-refractivity contribution in [3.8, 4) is 0 Å². The van der Waals surface area contributed by atoms with Gasteiger partial charge in [0.15, 0.2) is 5.15 Å². The molecular weight excluding hydrogens is 178 g/mol. The number of azide groups is 1. The second kappa shape index (κ2) is 3.90. The summed E-state index contributed by atoms with van der Waals surface area (Å²) in [5.41, 5.74) is 8.65.